The summed E-state index contributed by atoms with van der Waals surface area (Å²) in [5, 5.41) is 1.99. The van der Waals surface area contributed by atoms with Crippen LogP contribution in [0.1, 0.15) is 42.3 Å². The van der Waals surface area contributed by atoms with E-state index >= 15 is 0 Å². The number of allylic oxidation sites excluding steroid dienone is 1. The van der Waals surface area contributed by atoms with Crippen molar-refractivity contribution in [2.24, 2.45) is 0 Å². The number of methoxy groups -OCH3 is 1. The molecule has 0 saturated carbocycles. The van der Waals surface area contributed by atoms with E-state index in [1.807, 2.05) is 37.4 Å². The van der Waals surface area contributed by atoms with E-state index in [-0.39, 0.29) is 11.8 Å². The smallest absolute Gasteiger partial charge is 0.337 e. The number of ether oxygens (including phenoxy) is 3. The number of rotatable bonds is 5. The molecular formula is C24H20O5S. The quantitative estimate of drug-likeness (QED) is 0.411. The minimum absolute atomic E-state index is 0.120. The van der Waals surface area contributed by atoms with E-state index in [4.69, 9.17) is 14.2 Å². The molecule has 0 aliphatic carbocycles. The molecule has 30 heavy (non-hydrogen) atoms. The third kappa shape index (κ3) is 3.74. The van der Waals surface area contributed by atoms with Gasteiger partial charge in [-0.15, -0.1) is 11.3 Å². The zero-order chi connectivity index (χ0) is 21.3. The molecule has 0 atom stereocenters. The summed E-state index contributed by atoms with van der Waals surface area (Å²) in [6.45, 7) is 4.21. The Morgan fingerprint density at radius 3 is 2.53 bits per heavy atom. The van der Waals surface area contributed by atoms with Crippen molar-refractivity contribution >= 4 is 29.2 Å². The molecular weight excluding hydrogens is 400 g/mol. The molecule has 4 rings (SSSR count). The molecule has 1 aliphatic heterocycles. The number of hydrogen-bond acceptors (Lipinski definition) is 6. The highest BCUT2D eigenvalue weighted by molar-refractivity contribution is 7.11. The van der Waals surface area contributed by atoms with Crippen LogP contribution in [0.4, 0.5) is 0 Å². The van der Waals surface area contributed by atoms with Gasteiger partial charge in [0.25, 0.3) is 0 Å². The Morgan fingerprint density at radius 2 is 1.87 bits per heavy atom. The predicted molar refractivity (Wildman–Crippen MR) is 115 cm³/mol. The van der Waals surface area contributed by atoms with Crippen LogP contribution in [-0.4, -0.2) is 18.9 Å². The van der Waals surface area contributed by atoms with Crippen LogP contribution >= 0.6 is 11.3 Å². The number of hydrogen-bond donors (Lipinski definition) is 0. The van der Waals surface area contributed by atoms with Gasteiger partial charge in [0, 0.05) is 16.5 Å². The Balaban J connectivity index is 1.51. The number of fused-ring (bicyclic) bond motifs is 1. The van der Waals surface area contributed by atoms with E-state index in [2.05, 4.69) is 0 Å². The molecule has 5 nitrogen and oxygen atoms in total. The van der Waals surface area contributed by atoms with Crippen LogP contribution in [0, 0.1) is 13.8 Å². The fourth-order valence-corrected chi connectivity index (χ4v) is 4.04. The molecule has 1 aliphatic rings. The number of ketones is 1. The topological polar surface area (TPSA) is 61.8 Å². The van der Waals surface area contributed by atoms with Gasteiger partial charge in [0.1, 0.15) is 18.1 Å². The Bertz CT molecular complexity index is 1150. The largest absolute Gasteiger partial charge is 0.488 e. The van der Waals surface area contributed by atoms with Gasteiger partial charge in [-0.2, -0.15) is 0 Å². The molecule has 0 N–H and O–H groups in total. The number of aryl methyl sites for hydroxylation is 1. The van der Waals surface area contributed by atoms with E-state index < -0.39 is 0 Å². The lowest BCUT2D eigenvalue weighted by molar-refractivity contribution is 0.0600. The first-order chi connectivity index (χ1) is 14.5. The number of thiophene rings is 1. The minimum atomic E-state index is -0.375. The van der Waals surface area contributed by atoms with Crippen LogP contribution in [0.25, 0.3) is 6.08 Å². The van der Waals surface area contributed by atoms with Gasteiger partial charge in [-0.3, -0.25) is 4.79 Å². The van der Waals surface area contributed by atoms with Crippen molar-refractivity contribution in [1.82, 2.24) is 0 Å². The lowest BCUT2D eigenvalue weighted by Crippen LogP contribution is -2.02. The van der Waals surface area contributed by atoms with Gasteiger partial charge in [-0.25, -0.2) is 4.79 Å². The summed E-state index contributed by atoms with van der Waals surface area (Å²) in [6, 6.07) is 12.6. The number of carbonyl (C=O) groups excluding carboxylic acids is 2. The first kappa shape index (κ1) is 19.9. The van der Waals surface area contributed by atoms with Gasteiger partial charge < -0.3 is 14.2 Å². The third-order valence-corrected chi connectivity index (χ3v) is 5.94. The van der Waals surface area contributed by atoms with E-state index in [1.165, 1.54) is 7.11 Å². The summed E-state index contributed by atoms with van der Waals surface area (Å²) in [6.07, 6.45) is 1.80. The molecule has 152 valence electrons. The highest BCUT2D eigenvalue weighted by Crippen LogP contribution is 2.39. The molecule has 1 aromatic heterocycles. The highest BCUT2D eigenvalue weighted by atomic mass is 32.1. The summed E-state index contributed by atoms with van der Waals surface area (Å²) in [5.41, 5.74) is 3.83. The Labute approximate surface area is 178 Å². The van der Waals surface area contributed by atoms with Gasteiger partial charge in [0.15, 0.2) is 5.76 Å². The summed E-state index contributed by atoms with van der Waals surface area (Å²) in [4.78, 5) is 25.3. The summed E-state index contributed by atoms with van der Waals surface area (Å²) in [7, 11) is 1.35. The second-order valence-electron chi connectivity index (χ2n) is 6.95. The summed E-state index contributed by atoms with van der Waals surface area (Å²) < 4.78 is 16.6. The first-order valence-corrected chi connectivity index (χ1v) is 10.3. The van der Waals surface area contributed by atoms with Gasteiger partial charge >= 0.3 is 5.97 Å². The van der Waals surface area contributed by atoms with Crippen LogP contribution in [-0.2, 0) is 11.3 Å². The predicted octanol–water partition coefficient (Wildman–Crippen LogP) is 5.35. The zero-order valence-electron chi connectivity index (χ0n) is 16.9. The molecule has 2 aromatic carbocycles. The monoisotopic (exact) mass is 420 g/mol. The molecule has 0 amide bonds. The molecule has 2 heterocycles. The molecule has 3 aromatic rings. The van der Waals surface area contributed by atoms with Crippen LogP contribution in [0.5, 0.6) is 11.5 Å². The second-order valence-corrected chi connectivity index (χ2v) is 7.90. The third-order valence-electron chi connectivity index (χ3n) is 4.97. The van der Waals surface area contributed by atoms with E-state index in [9.17, 15) is 9.59 Å². The van der Waals surface area contributed by atoms with E-state index in [0.29, 0.717) is 35.0 Å². The van der Waals surface area contributed by atoms with Crippen molar-refractivity contribution in [3.63, 3.8) is 0 Å². The van der Waals surface area contributed by atoms with Crippen LogP contribution in [0.3, 0.4) is 0 Å². The highest BCUT2D eigenvalue weighted by Gasteiger charge is 2.30. The van der Waals surface area contributed by atoms with Gasteiger partial charge in [0.2, 0.25) is 5.78 Å². The van der Waals surface area contributed by atoms with Crippen LogP contribution in [0.15, 0.2) is 53.6 Å². The van der Waals surface area contributed by atoms with Crippen LogP contribution in [0.2, 0.25) is 0 Å². The Hall–Kier alpha value is -3.38. The molecule has 0 radical (unpaired) electrons. The Morgan fingerprint density at radius 1 is 1.10 bits per heavy atom. The number of carbonyl (C=O) groups is 2. The van der Waals surface area contributed by atoms with Gasteiger partial charge in [-0.05, 0) is 60.7 Å². The average Bonchev–Trinajstić information content (AvgIpc) is 3.31. The average molecular weight is 420 g/mol. The van der Waals surface area contributed by atoms with Crippen molar-refractivity contribution in [2.45, 2.75) is 20.5 Å². The van der Waals surface area contributed by atoms with Crippen molar-refractivity contribution in [3.8, 4) is 11.5 Å². The Kier molecular flexibility index (Phi) is 5.42. The van der Waals surface area contributed by atoms with Crippen molar-refractivity contribution in [3.05, 3.63) is 86.3 Å². The molecule has 0 bridgehead atoms. The molecule has 0 unspecified atom stereocenters. The zero-order valence-corrected chi connectivity index (χ0v) is 17.7. The first-order valence-electron chi connectivity index (χ1n) is 9.40. The van der Waals surface area contributed by atoms with E-state index in [1.54, 1.807) is 41.7 Å². The van der Waals surface area contributed by atoms with Crippen molar-refractivity contribution in [1.29, 1.82) is 0 Å². The lowest BCUT2D eigenvalue weighted by Gasteiger charge is -2.11. The number of benzene rings is 2. The molecule has 6 heteroatoms. The van der Waals surface area contributed by atoms with Crippen molar-refractivity contribution in [2.75, 3.05) is 7.11 Å². The standard InChI is InChI=1S/C24H20O5S/c1-14-10-11-30-21(14)12-20-22(25)18-8-9-19(15(2)23(18)29-20)28-13-16-4-6-17(7-5-16)24(26)27-3/h4-12H,13H2,1-3H3/b20-12-. The lowest BCUT2D eigenvalue weighted by atomic mass is 10.1. The SMILES string of the molecule is COC(=O)c1ccc(COc2ccc3c(c2C)O/C(=C\c2sccc2C)C3=O)cc1. The molecule has 0 saturated heterocycles. The number of Topliss-reactive ketones (excluding diaryl/α,β-unsaturated/α-hetero) is 1. The maximum absolute atomic E-state index is 12.7. The minimum Gasteiger partial charge on any atom is -0.488 e. The van der Waals surface area contributed by atoms with Crippen LogP contribution < -0.4 is 9.47 Å². The fourth-order valence-electron chi connectivity index (χ4n) is 3.19. The number of esters is 1. The molecule has 0 spiro atoms. The summed E-state index contributed by atoms with van der Waals surface area (Å²) in [5.74, 6) is 1.02. The second kappa shape index (κ2) is 8.16. The molecule has 0 fully saturated rings. The maximum atomic E-state index is 12.7. The summed E-state index contributed by atoms with van der Waals surface area (Å²) >= 11 is 1.57. The fraction of sp³-hybridized carbons (Fsp3) is 0.167. The van der Waals surface area contributed by atoms with E-state index in [0.717, 1.165) is 21.6 Å². The maximum Gasteiger partial charge on any atom is 0.337 e. The van der Waals surface area contributed by atoms with Crippen molar-refractivity contribution < 1.29 is 23.8 Å². The normalized spacial score (nSPS) is 13.8. The van der Waals surface area contributed by atoms with Gasteiger partial charge in [0.05, 0.1) is 18.2 Å². The van der Waals surface area contributed by atoms with Gasteiger partial charge in [-0.1, -0.05) is 12.1 Å².